The van der Waals surface area contributed by atoms with Crippen LogP contribution in [-0.4, -0.2) is 6.43 Å². The Morgan fingerprint density at radius 1 is 0.920 bits per heavy atom. The predicted octanol–water partition coefficient (Wildman–Crippen LogP) is 6.02. The largest absolute Gasteiger partial charge is 0.459 e. The van der Waals surface area contributed by atoms with Crippen molar-refractivity contribution in [3.05, 3.63) is 65.4 Å². The molecule has 2 aromatic rings. The Morgan fingerprint density at radius 2 is 1.48 bits per heavy atom. The number of ether oxygens (including phenoxy) is 1. The molecule has 0 aromatic heterocycles. The van der Waals surface area contributed by atoms with Crippen LogP contribution in [0.2, 0.25) is 0 Å². The van der Waals surface area contributed by atoms with Crippen molar-refractivity contribution < 1.29 is 31.1 Å². The van der Waals surface area contributed by atoms with E-state index in [0.29, 0.717) is 42.9 Å². The van der Waals surface area contributed by atoms with Crippen molar-refractivity contribution in [1.29, 1.82) is 0 Å². The Balaban J connectivity index is 2.42. The van der Waals surface area contributed by atoms with Crippen molar-refractivity contribution in [3.63, 3.8) is 0 Å². The first-order valence-corrected chi connectivity index (χ1v) is 7.42. The minimum absolute atomic E-state index is 0.290. The molecule has 0 saturated carbocycles. The van der Waals surface area contributed by atoms with Crippen molar-refractivity contribution in [2.75, 3.05) is 0 Å². The molecule has 0 aliphatic rings. The van der Waals surface area contributed by atoms with E-state index in [-0.39, 0.29) is 5.56 Å². The Kier molecular flexibility index (Phi) is 6.12. The van der Waals surface area contributed by atoms with Crippen molar-refractivity contribution >= 4 is 0 Å². The average molecular weight is 360 g/mol. The molecule has 134 valence electrons. The summed E-state index contributed by atoms with van der Waals surface area (Å²) in [6.45, 7) is 1.84. The normalized spacial score (nSPS) is 11.5. The molecule has 0 bridgehead atoms. The lowest BCUT2D eigenvalue weighted by molar-refractivity contribution is 0.200. The molecule has 0 aliphatic heterocycles. The molecule has 2 rings (SSSR count). The zero-order valence-electron chi connectivity index (χ0n) is 13.1. The molecule has 0 radical (unpaired) electrons. The number of hydrogen-bond acceptors (Lipinski definition) is 1. The summed E-state index contributed by atoms with van der Waals surface area (Å²) in [7, 11) is 0. The molecule has 2 aromatic carbocycles. The van der Waals surface area contributed by atoms with Gasteiger partial charge in [-0.25, -0.2) is 26.3 Å². The van der Waals surface area contributed by atoms with Gasteiger partial charge in [0.25, 0.3) is 6.43 Å². The summed E-state index contributed by atoms with van der Waals surface area (Å²) in [5, 5.41) is 0. The fourth-order valence-electron chi connectivity index (χ4n) is 2.32. The highest BCUT2D eigenvalue weighted by molar-refractivity contribution is 5.66. The number of allylic oxidation sites excluding steroid dienone is 1. The van der Waals surface area contributed by atoms with Crippen LogP contribution in [0.4, 0.5) is 26.3 Å². The van der Waals surface area contributed by atoms with Crippen molar-refractivity contribution in [2.45, 2.75) is 26.2 Å². The summed E-state index contributed by atoms with van der Waals surface area (Å²) in [5.41, 5.74) is -0.509. The fourth-order valence-corrected chi connectivity index (χ4v) is 2.32. The van der Waals surface area contributed by atoms with Gasteiger partial charge in [0.2, 0.25) is 0 Å². The quantitative estimate of drug-likeness (QED) is 0.452. The molecule has 0 fully saturated rings. The maximum Gasteiger partial charge on any atom is 0.260 e. The van der Waals surface area contributed by atoms with Crippen LogP contribution in [0.5, 0.6) is 5.75 Å². The van der Waals surface area contributed by atoms with Crippen molar-refractivity contribution in [3.8, 4) is 16.9 Å². The summed E-state index contributed by atoms with van der Waals surface area (Å²) in [5.74, 6) is -5.39. The van der Waals surface area contributed by atoms with Gasteiger partial charge in [0.05, 0.1) is 11.8 Å². The van der Waals surface area contributed by atoms with Crippen LogP contribution < -0.4 is 4.74 Å². The highest BCUT2D eigenvalue weighted by Gasteiger charge is 2.19. The minimum Gasteiger partial charge on any atom is -0.459 e. The van der Waals surface area contributed by atoms with Gasteiger partial charge in [-0.05, 0) is 41.8 Å². The zero-order valence-corrected chi connectivity index (χ0v) is 13.1. The lowest BCUT2D eigenvalue weighted by atomic mass is 10.00. The standard InChI is InChI=1S/C18H14F6O/c1-2-3-10-6-12(19)17(13(20)7-10)11-8-14(21)18(15(22)9-11)25-5-4-16(23)24/h4-9,16H,2-3H2,1H3. The van der Waals surface area contributed by atoms with Crippen LogP contribution in [0, 0.1) is 23.3 Å². The number of hydrogen-bond donors (Lipinski definition) is 0. The topological polar surface area (TPSA) is 9.23 Å². The lowest BCUT2D eigenvalue weighted by Crippen LogP contribution is -1.98. The van der Waals surface area contributed by atoms with Gasteiger partial charge in [-0.15, -0.1) is 0 Å². The molecule has 0 heterocycles. The summed E-state index contributed by atoms with van der Waals surface area (Å²) >= 11 is 0. The van der Waals surface area contributed by atoms with E-state index in [1.165, 1.54) is 0 Å². The Hall–Kier alpha value is -2.44. The van der Waals surface area contributed by atoms with Crippen LogP contribution in [-0.2, 0) is 6.42 Å². The number of halogens is 6. The second-order valence-corrected chi connectivity index (χ2v) is 5.23. The first-order valence-electron chi connectivity index (χ1n) is 7.42. The van der Waals surface area contributed by atoms with Crippen LogP contribution in [0.15, 0.2) is 36.6 Å². The molecule has 0 saturated heterocycles. The van der Waals surface area contributed by atoms with E-state index >= 15 is 0 Å². The smallest absolute Gasteiger partial charge is 0.260 e. The molecule has 0 amide bonds. The first-order chi connectivity index (χ1) is 11.8. The molecule has 7 heteroatoms. The molecule has 25 heavy (non-hydrogen) atoms. The van der Waals surface area contributed by atoms with E-state index in [4.69, 9.17) is 0 Å². The van der Waals surface area contributed by atoms with Gasteiger partial charge in [-0.3, -0.25) is 0 Å². The molecule has 0 N–H and O–H groups in total. The summed E-state index contributed by atoms with van der Waals surface area (Å²) in [6, 6.07) is 3.56. The van der Waals surface area contributed by atoms with Gasteiger partial charge < -0.3 is 4.74 Å². The van der Waals surface area contributed by atoms with Gasteiger partial charge in [0.1, 0.15) is 11.6 Å². The van der Waals surface area contributed by atoms with E-state index in [1.54, 1.807) is 0 Å². The molecule has 0 spiro atoms. The SMILES string of the molecule is CCCc1cc(F)c(-c2cc(F)c(OC=CC(F)F)c(F)c2)c(F)c1. The van der Waals surface area contributed by atoms with Gasteiger partial charge in [0, 0.05) is 6.08 Å². The third-order valence-corrected chi connectivity index (χ3v) is 3.34. The number of benzene rings is 2. The molecule has 0 aliphatic carbocycles. The lowest BCUT2D eigenvalue weighted by Gasteiger charge is -2.11. The predicted molar refractivity (Wildman–Crippen MR) is 81.5 cm³/mol. The van der Waals surface area contributed by atoms with Crippen LogP contribution in [0.3, 0.4) is 0 Å². The van der Waals surface area contributed by atoms with E-state index in [1.807, 2.05) is 6.92 Å². The van der Waals surface area contributed by atoms with Gasteiger partial charge in [0.15, 0.2) is 17.4 Å². The maximum absolute atomic E-state index is 14.2. The van der Waals surface area contributed by atoms with Gasteiger partial charge in [-0.2, -0.15) is 0 Å². The van der Waals surface area contributed by atoms with Crippen LogP contribution >= 0.6 is 0 Å². The third kappa shape index (κ3) is 4.55. The van der Waals surface area contributed by atoms with Crippen molar-refractivity contribution in [1.82, 2.24) is 0 Å². The van der Waals surface area contributed by atoms with E-state index < -0.39 is 41.0 Å². The van der Waals surface area contributed by atoms with Gasteiger partial charge >= 0.3 is 0 Å². The fraction of sp³-hybridized carbons (Fsp3) is 0.222. The molecular weight excluding hydrogens is 346 g/mol. The molecule has 0 unspecified atom stereocenters. The summed E-state index contributed by atoms with van der Waals surface area (Å²) in [4.78, 5) is 0. The molecule has 0 atom stereocenters. The minimum atomic E-state index is -2.85. The van der Waals surface area contributed by atoms with E-state index in [2.05, 4.69) is 4.74 Å². The maximum atomic E-state index is 14.2. The van der Waals surface area contributed by atoms with Gasteiger partial charge in [-0.1, -0.05) is 13.3 Å². The third-order valence-electron chi connectivity index (χ3n) is 3.34. The summed E-state index contributed by atoms with van der Waals surface area (Å²) in [6.07, 6.45) is -0.986. The Labute approximate surface area is 140 Å². The highest BCUT2D eigenvalue weighted by Crippen LogP contribution is 2.33. The highest BCUT2D eigenvalue weighted by atomic mass is 19.3. The Morgan fingerprint density at radius 3 is 1.96 bits per heavy atom. The van der Waals surface area contributed by atoms with E-state index in [9.17, 15) is 26.3 Å². The Bertz CT molecular complexity index is 739. The van der Waals surface area contributed by atoms with E-state index in [0.717, 1.165) is 12.1 Å². The van der Waals surface area contributed by atoms with Crippen LogP contribution in [0.25, 0.3) is 11.1 Å². The molecular formula is C18H14F6O. The summed E-state index contributed by atoms with van der Waals surface area (Å²) < 4.78 is 84.6. The van der Waals surface area contributed by atoms with Crippen LogP contribution in [0.1, 0.15) is 18.9 Å². The zero-order chi connectivity index (χ0) is 18.6. The molecule has 1 nitrogen and oxygen atoms in total. The number of aryl methyl sites for hydroxylation is 1. The monoisotopic (exact) mass is 360 g/mol. The first kappa shape index (κ1) is 18.9. The number of rotatable bonds is 6. The average Bonchev–Trinajstić information content (AvgIpc) is 2.49. The second-order valence-electron chi connectivity index (χ2n) is 5.23. The van der Waals surface area contributed by atoms with Crippen molar-refractivity contribution in [2.24, 2.45) is 0 Å². The second kappa shape index (κ2) is 8.09. The number of alkyl halides is 2.